The van der Waals surface area contributed by atoms with Crippen molar-refractivity contribution in [3.8, 4) is 0 Å². The van der Waals surface area contributed by atoms with E-state index in [0.717, 1.165) is 23.1 Å². The van der Waals surface area contributed by atoms with Crippen LogP contribution in [0.5, 0.6) is 0 Å². The van der Waals surface area contributed by atoms with Crippen LogP contribution in [0.15, 0.2) is 36.8 Å². The molecule has 3 aromatic rings. The Hall–Kier alpha value is -2.30. The lowest BCUT2D eigenvalue weighted by molar-refractivity contribution is 0.355. The predicted octanol–water partition coefficient (Wildman–Crippen LogP) is 3.13. The van der Waals surface area contributed by atoms with Crippen LogP contribution in [0.2, 0.25) is 0 Å². The van der Waals surface area contributed by atoms with E-state index < -0.39 is 0 Å². The fourth-order valence-electron chi connectivity index (χ4n) is 2.07. The topological polar surface area (TPSA) is 58.5 Å². The Morgan fingerprint density at radius 2 is 2.10 bits per heavy atom. The van der Waals surface area contributed by atoms with Gasteiger partial charge >= 0.3 is 0 Å². The Kier molecular flexibility index (Phi) is 2.97. The zero-order chi connectivity index (χ0) is 14.2. The fraction of sp³-hybridized carbons (Fsp3) is 0.333. The van der Waals surface area contributed by atoms with Crippen LogP contribution >= 0.6 is 0 Å². The molecule has 0 atom stereocenters. The van der Waals surface area contributed by atoms with Crippen LogP contribution < -0.4 is 5.32 Å². The number of nitrogens with one attached hydrogen (secondary N) is 2. The highest BCUT2D eigenvalue weighted by Gasteiger charge is 2.13. The molecule has 0 amide bonds. The molecular weight excluding hydrogens is 250 g/mol. The molecular formula is C15H19N5. The number of benzene rings is 1. The van der Waals surface area contributed by atoms with Crippen molar-refractivity contribution in [3.63, 3.8) is 0 Å². The molecule has 2 aromatic heterocycles. The van der Waals surface area contributed by atoms with E-state index in [1.165, 1.54) is 5.56 Å². The summed E-state index contributed by atoms with van der Waals surface area (Å²) in [5.41, 5.74) is 3.31. The molecule has 0 aliphatic heterocycles. The summed E-state index contributed by atoms with van der Waals surface area (Å²) in [5.74, 6) is 0. The van der Waals surface area contributed by atoms with Crippen molar-refractivity contribution in [2.45, 2.75) is 32.9 Å². The molecule has 0 saturated carbocycles. The van der Waals surface area contributed by atoms with Crippen LogP contribution in [0.25, 0.3) is 10.9 Å². The summed E-state index contributed by atoms with van der Waals surface area (Å²) in [6.07, 6.45) is 5.82. The molecule has 0 spiro atoms. The lowest BCUT2D eigenvalue weighted by atomic mass is 10.1. The van der Waals surface area contributed by atoms with Crippen LogP contribution in [-0.2, 0) is 12.1 Å². The first-order valence-electron chi connectivity index (χ1n) is 6.73. The molecule has 2 N–H and O–H groups in total. The molecule has 0 unspecified atom stereocenters. The minimum atomic E-state index is 0.0209. The van der Waals surface area contributed by atoms with Gasteiger partial charge in [-0.15, -0.1) is 0 Å². The number of hydrogen-bond acceptors (Lipinski definition) is 3. The first-order chi connectivity index (χ1) is 9.52. The van der Waals surface area contributed by atoms with Crippen molar-refractivity contribution in [1.29, 1.82) is 0 Å². The van der Waals surface area contributed by atoms with E-state index in [2.05, 4.69) is 65.8 Å². The third-order valence-electron chi connectivity index (χ3n) is 3.26. The second-order valence-corrected chi connectivity index (χ2v) is 5.99. The third kappa shape index (κ3) is 2.52. The second-order valence-electron chi connectivity index (χ2n) is 5.99. The van der Waals surface area contributed by atoms with Gasteiger partial charge in [-0.3, -0.25) is 9.78 Å². The van der Waals surface area contributed by atoms with Crippen molar-refractivity contribution in [1.82, 2.24) is 20.0 Å². The van der Waals surface area contributed by atoms with E-state index in [-0.39, 0.29) is 5.54 Å². The minimum Gasteiger partial charge on any atom is -0.381 e. The third-order valence-corrected chi connectivity index (χ3v) is 3.26. The first kappa shape index (κ1) is 12.7. The standard InChI is InChI=1S/C15H19N5/c1-15(2,3)20-10-11(8-18-20)7-16-13-5-4-12-9-17-19-14(12)6-13/h4-6,8-10,16H,7H2,1-3H3,(H,17,19). The molecule has 5 nitrogen and oxygen atoms in total. The molecule has 3 rings (SSSR count). The van der Waals surface area contributed by atoms with E-state index in [4.69, 9.17) is 0 Å². The van der Waals surface area contributed by atoms with E-state index in [9.17, 15) is 0 Å². The average molecular weight is 269 g/mol. The van der Waals surface area contributed by atoms with Crippen LogP contribution in [0, 0.1) is 0 Å². The highest BCUT2D eigenvalue weighted by atomic mass is 15.3. The van der Waals surface area contributed by atoms with E-state index >= 15 is 0 Å². The van der Waals surface area contributed by atoms with Gasteiger partial charge in [-0.2, -0.15) is 10.2 Å². The van der Waals surface area contributed by atoms with Gasteiger partial charge in [-0.25, -0.2) is 0 Å². The molecule has 0 fully saturated rings. The van der Waals surface area contributed by atoms with Gasteiger partial charge in [0.1, 0.15) is 0 Å². The SMILES string of the molecule is CC(C)(C)n1cc(CNc2ccc3cn[nH]c3c2)cn1. The van der Waals surface area contributed by atoms with Crippen molar-refractivity contribution in [2.75, 3.05) is 5.32 Å². The van der Waals surface area contributed by atoms with Crippen molar-refractivity contribution in [3.05, 3.63) is 42.4 Å². The van der Waals surface area contributed by atoms with Crippen LogP contribution in [-0.4, -0.2) is 20.0 Å². The maximum atomic E-state index is 4.40. The lowest BCUT2D eigenvalue weighted by Crippen LogP contribution is -2.21. The summed E-state index contributed by atoms with van der Waals surface area (Å²) in [5, 5.41) is 15.9. The molecule has 5 heteroatoms. The number of aromatic amines is 1. The molecule has 0 aliphatic rings. The minimum absolute atomic E-state index is 0.0209. The van der Waals surface area contributed by atoms with Gasteiger partial charge in [0.15, 0.2) is 0 Å². The number of rotatable bonds is 3. The maximum absolute atomic E-state index is 4.40. The molecule has 0 saturated heterocycles. The van der Waals surface area contributed by atoms with Gasteiger partial charge in [0, 0.05) is 29.4 Å². The van der Waals surface area contributed by atoms with E-state index in [1.807, 2.05) is 17.1 Å². The summed E-state index contributed by atoms with van der Waals surface area (Å²) >= 11 is 0. The molecule has 0 bridgehead atoms. The van der Waals surface area contributed by atoms with Gasteiger partial charge in [-0.1, -0.05) is 0 Å². The molecule has 1 aromatic carbocycles. The Morgan fingerprint density at radius 3 is 2.85 bits per heavy atom. The number of hydrogen-bond donors (Lipinski definition) is 2. The van der Waals surface area contributed by atoms with Gasteiger partial charge in [0.2, 0.25) is 0 Å². The van der Waals surface area contributed by atoms with Crippen LogP contribution in [0.3, 0.4) is 0 Å². The van der Waals surface area contributed by atoms with Crippen molar-refractivity contribution >= 4 is 16.6 Å². The average Bonchev–Trinajstić information content (AvgIpc) is 3.04. The van der Waals surface area contributed by atoms with Gasteiger partial charge in [-0.05, 0) is 39.0 Å². The van der Waals surface area contributed by atoms with Crippen LogP contribution in [0.4, 0.5) is 5.69 Å². The summed E-state index contributed by atoms with van der Waals surface area (Å²) in [4.78, 5) is 0. The van der Waals surface area contributed by atoms with Crippen molar-refractivity contribution < 1.29 is 0 Å². The monoisotopic (exact) mass is 269 g/mol. The summed E-state index contributed by atoms with van der Waals surface area (Å²) in [6.45, 7) is 7.19. The summed E-state index contributed by atoms with van der Waals surface area (Å²) in [7, 11) is 0. The Bertz CT molecular complexity index is 717. The Labute approximate surface area is 118 Å². The van der Waals surface area contributed by atoms with E-state index in [1.54, 1.807) is 0 Å². The number of fused-ring (bicyclic) bond motifs is 1. The fourth-order valence-corrected chi connectivity index (χ4v) is 2.07. The quantitative estimate of drug-likeness (QED) is 0.768. The predicted molar refractivity (Wildman–Crippen MR) is 80.6 cm³/mol. The number of anilines is 1. The lowest BCUT2D eigenvalue weighted by Gasteiger charge is -2.18. The molecule has 20 heavy (non-hydrogen) atoms. The smallest absolute Gasteiger partial charge is 0.0670 e. The normalized spacial score (nSPS) is 11.9. The Balaban J connectivity index is 1.71. The number of aromatic nitrogens is 4. The zero-order valence-electron chi connectivity index (χ0n) is 12.0. The second kappa shape index (κ2) is 4.67. The number of nitrogens with zero attached hydrogens (tertiary/aromatic N) is 3. The Morgan fingerprint density at radius 1 is 1.25 bits per heavy atom. The van der Waals surface area contributed by atoms with Crippen LogP contribution in [0.1, 0.15) is 26.3 Å². The largest absolute Gasteiger partial charge is 0.381 e. The van der Waals surface area contributed by atoms with Gasteiger partial charge in [0.05, 0.1) is 23.4 Å². The summed E-state index contributed by atoms with van der Waals surface area (Å²) in [6, 6.07) is 6.18. The van der Waals surface area contributed by atoms with Gasteiger partial charge in [0.25, 0.3) is 0 Å². The zero-order valence-corrected chi connectivity index (χ0v) is 12.0. The first-order valence-corrected chi connectivity index (χ1v) is 6.73. The molecule has 104 valence electrons. The molecule has 0 aliphatic carbocycles. The molecule has 2 heterocycles. The van der Waals surface area contributed by atoms with Gasteiger partial charge < -0.3 is 5.32 Å². The highest BCUT2D eigenvalue weighted by molar-refractivity contribution is 5.81. The van der Waals surface area contributed by atoms with Crippen molar-refractivity contribution in [2.24, 2.45) is 0 Å². The molecule has 0 radical (unpaired) electrons. The maximum Gasteiger partial charge on any atom is 0.0670 e. The highest BCUT2D eigenvalue weighted by Crippen LogP contribution is 2.18. The number of H-pyrrole nitrogens is 1. The summed E-state index contributed by atoms with van der Waals surface area (Å²) < 4.78 is 1.99. The van der Waals surface area contributed by atoms with E-state index in [0.29, 0.717) is 0 Å².